The molecule has 2 heterocycles. The summed E-state index contributed by atoms with van der Waals surface area (Å²) >= 11 is 0.950. The molecule has 5 nitrogen and oxygen atoms in total. The van der Waals surface area contributed by atoms with Crippen molar-refractivity contribution in [1.29, 1.82) is 0 Å². The van der Waals surface area contributed by atoms with Crippen LogP contribution in [-0.2, 0) is 6.18 Å². The van der Waals surface area contributed by atoms with Crippen LogP contribution in [0.1, 0.15) is 5.69 Å². The predicted molar refractivity (Wildman–Crippen MR) is 57.6 cm³/mol. The fourth-order valence-corrected chi connectivity index (χ4v) is 1.84. The molecule has 0 aliphatic rings. The molecule has 94 valence electrons. The summed E-state index contributed by atoms with van der Waals surface area (Å²) in [6.45, 7) is 0. The van der Waals surface area contributed by atoms with Crippen LogP contribution in [0.4, 0.5) is 19.1 Å². The van der Waals surface area contributed by atoms with E-state index in [1.807, 2.05) is 0 Å². The minimum atomic E-state index is -4.56. The molecule has 2 aromatic heterocycles. The number of nitrogen functional groups attached to an aromatic ring is 1. The van der Waals surface area contributed by atoms with Gasteiger partial charge in [0, 0.05) is 12.3 Å². The minimum Gasteiger partial charge on any atom is -0.368 e. The summed E-state index contributed by atoms with van der Waals surface area (Å²) in [6.07, 6.45) is -1.79. The number of hydrogen-bond donors (Lipinski definition) is 1. The van der Waals surface area contributed by atoms with Crippen LogP contribution in [-0.4, -0.2) is 19.9 Å². The largest absolute Gasteiger partial charge is 0.433 e. The molecule has 0 aromatic carbocycles. The van der Waals surface area contributed by atoms with Gasteiger partial charge in [-0.3, -0.25) is 0 Å². The van der Waals surface area contributed by atoms with Gasteiger partial charge in [0.1, 0.15) is 16.4 Å². The quantitative estimate of drug-likeness (QED) is 0.843. The maximum atomic E-state index is 12.5. The van der Waals surface area contributed by atoms with Crippen molar-refractivity contribution >= 4 is 17.7 Å². The van der Waals surface area contributed by atoms with Gasteiger partial charge in [-0.15, -0.1) is 0 Å². The summed E-state index contributed by atoms with van der Waals surface area (Å²) < 4.78 is 37.5. The lowest BCUT2D eigenvalue weighted by Gasteiger charge is -2.07. The van der Waals surface area contributed by atoms with Crippen molar-refractivity contribution in [3.05, 3.63) is 30.4 Å². The molecule has 18 heavy (non-hydrogen) atoms. The monoisotopic (exact) mass is 273 g/mol. The molecule has 0 bridgehead atoms. The maximum absolute atomic E-state index is 12.5. The third-order valence-corrected chi connectivity index (χ3v) is 2.64. The number of alkyl halides is 3. The molecular formula is C9H6F3N5S. The Morgan fingerprint density at radius 2 is 1.94 bits per heavy atom. The molecule has 9 heteroatoms. The first kappa shape index (κ1) is 12.6. The van der Waals surface area contributed by atoms with Gasteiger partial charge < -0.3 is 5.73 Å². The normalized spacial score (nSPS) is 11.5. The molecule has 0 fully saturated rings. The average Bonchev–Trinajstić information content (AvgIpc) is 2.28. The number of nitrogens with two attached hydrogens (primary N) is 1. The van der Waals surface area contributed by atoms with Crippen LogP contribution in [0.25, 0.3) is 0 Å². The molecule has 0 saturated carbocycles. The molecule has 0 saturated heterocycles. The zero-order valence-corrected chi connectivity index (χ0v) is 9.53. The second-order valence-corrected chi connectivity index (χ2v) is 4.14. The second-order valence-electron chi connectivity index (χ2n) is 3.10. The first-order valence-electron chi connectivity index (χ1n) is 4.61. The molecule has 0 spiro atoms. The highest BCUT2D eigenvalue weighted by atomic mass is 32.2. The molecule has 0 amide bonds. The lowest BCUT2D eigenvalue weighted by molar-refractivity contribution is -0.141. The minimum absolute atomic E-state index is 0.0773. The van der Waals surface area contributed by atoms with E-state index < -0.39 is 17.8 Å². The number of halogens is 3. The summed E-state index contributed by atoms with van der Waals surface area (Å²) in [5, 5.41) is 0.546. The van der Waals surface area contributed by atoms with Crippen LogP contribution >= 0.6 is 11.8 Å². The highest BCUT2D eigenvalue weighted by Gasteiger charge is 2.33. The Balaban J connectivity index is 2.32. The molecule has 0 atom stereocenters. The van der Waals surface area contributed by atoms with Crippen molar-refractivity contribution in [3.63, 3.8) is 0 Å². The van der Waals surface area contributed by atoms with Crippen molar-refractivity contribution in [2.45, 2.75) is 16.2 Å². The first-order valence-corrected chi connectivity index (χ1v) is 5.42. The Kier molecular flexibility index (Phi) is 3.32. The maximum Gasteiger partial charge on any atom is 0.433 e. The van der Waals surface area contributed by atoms with Gasteiger partial charge in [-0.1, -0.05) is 0 Å². The summed E-state index contributed by atoms with van der Waals surface area (Å²) in [6, 6.07) is 2.37. The smallest absolute Gasteiger partial charge is 0.368 e. The zero-order valence-electron chi connectivity index (χ0n) is 8.72. The fourth-order valence-electron chi connectivity index (χ4n) is 1.09. The van der Waals surface area contributed by atoms with Crippen molar-refractivity contribution in [3.8, 4) is 0 Å². The standard InChI is InChI=1S/C9H6F3N5S/c10-9(11,12)5-3-7(17-8(13)16-5)18-6-1-2-14-4-15-6/h1-4H,(H2,13,16,17). The molecule has 2 rings (SSSR count). The number of hydrogen-bond acceptors (Lipinski definition) is 6. The molecule has 0 radical (unpaired) electrons. The van der Waals surface area contributed by atoms with E-state index in [4.69, 9.17) is 5.73 Å². The summed E-state index contributed by atoms with van der Waals surface area (Å²) in [7, 11) is 0. The Morgan fingerprint density at radius 3 is 2.56 bits per heavy atom. The third kappa shape index (κ3) is 3.06. The number of nitrogens with zero attached hydrogens (tertiary/aromatic N) is 4. The van der Waals surface area contributed by atoms with E-state index in [1.165, 1.54) is 12.5 Å². The molecule has 2 aromatic rings. The van der Waals surface area contributed by atoms with Crippen LogP contribution in [0.3, 0.4) is 0 Å². The van der Waals surface area contributed by atoms with E-state index in [0.717, 1.165) is 17.8 Å². The Hall–Kier alpha value is -1.90. The SMILES string of the molecule is Nc1nc(Sc2ccncn2)cc(C(F)(F)F)n1. The summed E-state index contributed by atoms with van der Waals surface area (Å²) in [4.78, 5) is 14.4. The highest BCUT2D eigenvalue weighted by molar-refractivity contribution is 7.99. The lowest BCUT2D eigenvalue weighted by atomic mass is 10.4. The summed E-state index contributed by atoms with van der Waals surface area (Å²) in [5.74, 6) is -0.429. The summed E-state index contributed by atoms with van der Waals surface area (Å²) in [5.41, 5.74) is 4.16. The van der Waals surface area contributed by atoms with Crippen LogP contribution in [0.5, 0.6) is 0 Å². The number of aromatic nitrogens is 4. The van der Waals surface area contributed by atoms with Crippen LogP contribution in [0, 0.1) is 0 Å². The third-order valence-electron chi connectivity index (χ3n) is 1.77. The van der Waals surface area contributed by atoms with E-state index in [-0.39, 0.29) is 5.03 Å². The number of rotatable bonds is 2. The van der Waals surface area contributed by atoms with E-state index in [0.29, 0.717) is 5.03 Å². The molecular weight excluding hydrogens is 267 g/mol. The topological polar surface area (TPSA) is 77.6 Å². The fraction of sp³-hybridized carbons (Fsp3) is 0.111. The zero-order chi connectivity index (χ0) is 13.2. The van der Waals surface area contributed by atoms with Gasteiger partial charge in [-0.25, -0.2) is 19.9 Å². The van der Waals surface area contributed by atoms with Gasteiger partial charge in [0.15, 0.2) is 5.69 Å². The van der Waals surface area contributed by atoms with Gasteiger partial charge in [-0.05, 0) is 17.8 Å². The van der Waals surface area contributed by atoms with E-state index in [1.54, 1.807) is 6.07 Å². The van der Waals surface area contributed by atoms with E-state index in [9.17, 15) is 13.2 Å². The highest BCUT2D eigenvalue weighted by Crippen LogP contribution is 2.32. The van der Waals surface area contributed by atoms with Crippen molar-refractivity contribution in [2.24, 2.45) is 0 Å². The molecule has 2 N–H and O–H groups in total. The van der Waals surface area contributed by atoms with Crippen LogP contribution < -0.4 is 5.73 Å². The van der Waals surface area contributed by atoms with Gasteiger partial charge in [0.2, 0.25) is 5.95 Å². The van der Waals surface area contributed by atoms with Crippen LogP contribution in [0.15, 0.2) is 34.7 Å². The molecule has 0 unspecified atom stereocenters. The Bertz CT molecular complexity index is 546. The van der Waals surface area contributed by atoms with Crippen molar-refractivity contribution < 1.29 is 13.2 Å². The van der Waals surface area contributed by atoms with Crippen LogP contribution in [0.2, 0.25) is 0 Å². The first-order chi connectivity index (χ1) is 8.45. The van der Waals surface area contributed by atoms with Gasteiger partial charge in [0.05, 0.1) is 0 Å². The number of anilines is 1. The molecule has 0 aliphatic heterocycles. The second kappa shape index (κ2) is 4.77. The van der Waals surface area contributed by atoms with Gasteiger partial charge in [0.25, 0.3) is 0 Å². The molecule has 0 aliphatic carbocycles. The van der Waals surface area contributed by atoms with E-state index in [2.05, 4.69) is 19.9 Å². The lowest BCUT2D eigenvalue weighted by Crippen LogP contribution is -2.11. The van der Waals surface area contributed by atoms with Gasteiger partial charge >= 0.3 is 6.18 Å². The van der Waals surface area contributed by atoms with Crippen molar-refractivity contribution in [1.82, 2.24) is 19.9 Å². The van der Waals surface area contributed by atoms with Gasteiger partial charge in [-0.2, -0.15) is 13.2 Å². The average molecular weight is 273 g/mol. The Morgan fingerprint density at radius 1 is 1.17 bits per heavy atom. The van der Waals surface area contributed by atoms with E-state index >= 15 is 0 Å². The van der Waals surface area contributed by atoms with Crippen molar-refractivity contribution in [2.75, 3.05) is 5.73 Å². The predicted octanol–water partition coefficient (Wildman–Crippen LogP) is 2.02. The Labute approximate surface area is 104 Å².